The van der Waals surface area contributed by atoms with E-state index in [4.69, 9.17) is 0 Å². The Morgan fingerprint density at radius 2 is 2.25 bits per heavy atom. The third-order valence-electron chi connectivity index (χ3n) is 3.56. The minimum absolute atomic E-state index is 0.725. The van der Waals surface area contributed by atoms with E-state index in [0.29, 0.717) is 0 Å². The lowest BCUT2D eigenvalue weighted by atomic mass is 9.53. The van der Waals surface area contributed by atoms with Crippen LogP contribution in [0.3, 0.4) is 0 Å². The van der Waals surface area contributed by atoms with Gasteiger partial charge in [0, 0.05) is 17.1 Å². The van der Waals surface area contributed by atoms with E-state index in [2.05, 4.69) is 27.8 Å². The number of rotatable bonds is 3. The molecule has 1 unspecified atom stereocenters. The molecule has 2 fully saturated rings. The molecule has 1 spiro atoms. The van der Waals surface area contributed by atoms with Crippen LogP contribution in [0, 0.1) is 5.41 Å². The second kappa shape index (κ2) is 3.15. The Morgan fingerprint density at radius 3 is 2.58 bits per heavy atom. The minimum Gasteiger partial charge on any atom is -0.309 e. The van der Waals surface area contributed by atoms with Crippen molar-refractivity contribution in [2.75, 3.05) is 6.54 Å². The van der Waals surface area contributed by atoms with Gasteiger partial charge in [0.05, 0.1) is 0 Å². The second-order valence-corrected chi connectivity index (χ2v) is 5.33. The van der Waals surface area contributed by atoms with E-state index in [-0.39, 0.29) is 0 Å². The molecule has 0 radical (unpaired) electrons. The molecule has 0 bridgehead atoms. The van der Waals surface area contributed by atoms with Gasteiger partial charge in [0.2, 0.25) is 0 Å². The Balaban J connectivity index is 1.78. The molecule has 0 saturated heterocycles. The summed E-state index contributed by atoms with van der Waals surface area (Å²) in [4.78, 5) is 0. The zero-order chi connectivity index (χ0) is 8.60. The van der Waals surface area contributed by atoms with Crippen molar-refractivity contribution >= 4 is 15.9 Å². The highest BCUT2D eigenvalue weighted by molar-refractivity contribution is 9.11. The first kappa shape index (κ1) is 8.76. The van der Waals surface area contributed by atoms with Crippen LogP contribution in [0.5, 0.6) is 0 Å². The summed E-state index contributed by atoms with van der Waals surface area (Å²) in [5.41, 5.74) is 0.725. The summed E-state index contributed by atoms with van der Waals surface area (Å²) >= 11 is 3.38. The van der Waals surface area contributed by atoms with Gasteiger partial charge in [-0.05, 0) is 31.1 Å². The molecule has 0 aliphatic heterocycles. The standard InChI is InChI=1S/C10H16BrN/c1-8(11)7-12-9-3-6-10(9)4-2-5-10/h9,12H,1-7H2. The van der Waals surface area contributed by atoms with Gasteiger partial charge < -0.3 is 5.32 Å². The van der Waals surface area contributed by atoms with Gasteiger partial charge in [-0.1, -0.05) is 28.9 Å². The second-order valence-electron chi connectivity index (χ2n) is 4.21. The Kier molecular flexibility index (Phi) is 2.30. The van der Waals surface area contributed by atoms with Gasteiger partial charge in [0.25, 0.3) is 0 Å². The molecule has 2 saturated carbocycles. The maximum atomic E-state index is 3.83. The average molecular weight is 230 g/mol. The first-order valence-corrected chi connectivity index (χ1v) is 5.59. The molecule has 68 valence electrons. The Morgan fingerprint density at radius 1 is 1.50 bits per heavy atom. The number of halogens is 1. The lowest BCUT2D eigenvalue weighted by Gasteiger charge is -2.56. The topological polar surface area (TPSA) is 12.0 Å². The van der Waals surface area contributed by atoms with Crippen molar-refractivity contribution in [2.45, 2.75) is 38.1 Å². The van der Waals surface area contributed by atoms with E-state index in [0.717, 1.165) is 22.5 Å². The van der Waals surface area contributed by atoms with Crippen LogP contribution in [0.1, 0.15) is 32.1 Å². The lowest BCUT2D eigenvalue weighted by molar-refractivity contribution is -0.0155. The van der Waals surface area contributed by atoms with Crippen LogP contribution >= 0.6 is 15.9 Å². The molecular weight excluding hydrogens is 214 g/mol. The Hall–Kier alpha value is 0.180. The van der Waals surface area contributed by atoms with Gasteiger partial charge in [0.15, 0.2) is 0 Å². The molecule has 2 rings (SSSR count). The predicted octanol–water partition coefficient (Wildman–Crippen LogP) is 2.82. The third-order valence-corrected chi connectivity index (χ3v) is 3.84. The normalized spacial score (nSPS) is 30.9. The van der Waals surface area contributed by atoms with E-state index in [1.165, 1.54) is 32.1 Å². The molecule has 0 amide bonds. The fraction of sp³-hybridized carbons (Fsp3) is 0.800. The number of hydrogen-bond acceptors (Lipinski definition) is 1. The highest BCUT2D eigenvalue weighted by atomic mass is 79.9. The van der Waals surface area contributed by atoms with Crippen LogP contribution in [0.2, 0.25) is 0 Å². The van der Waals surface area contributed by atoms with Gasteiger partial charge in [0.1, 0.15) is 0 Å². The van der Waals surface area contributed by atoms with Crippen molar-refractivity contribution in [3.05, 3.63) is 11.1 Å². The predicted molar refractivity (Wildman–Crippen MR) is 55.4 cm³/mol. The van der Waals surface area contributed by atoms with Crippen LogP contribution in [-0.4, -0.2) is 12.6 Å². The highest BCUT2D eigenvalue weighted by Crippen LogP contribution is 2.55. The maximum absolute atomic E-state index is 3.83. The Labute approximate surface area is 82.7 Å². The van der Waals surface area contributed by atoms with Crippen LogP contribution in [0.25, 0.3) is 0 Å². The van der Waals surface area contributed by atoms with Gasteiger partial charge in [-0.3, -0.25) is 0 Å². The van der Waals surface area contributed by atoms with Crippen molar-refractivity contribution in [1.82, 2.24) is 5.32 Å². The first-order valence-electron chi connectivity index (χ1n) is 4.80. The molecule has 1 atom stereocenters. The van der Waals surface area contributed by atoms with Crippen molar-refractivity contribution in [2.24, 2.45) is 5.41 Å². The minimum atomic E-state index is 0.725. The monoisotopic (exact) mass is 229 g/mol. The largest absolute Gasteiger partial charge is 0.309 e. The smallest absolute Gasteiger partial charge is 0.0268 e. The molecule has 0 aromatic rings. The van der Waals surface area contributed by atoms with Gasteiger partial charge >= 0.3 is 0 Å². The van der Waals surface area contributed by atoms with Crippen LogP contribution < -0.4 is 5.32 Å². The molecule has 2 aliphatic rings. The molecule has 0 aromatic carbocycles. The zero-order valence-electron chi connectivity index (χ0n) is 7.41. The molecular formula is C10H16BrN. The summed E-state index contributed by atoms with van der Waals surface area (Å²) in [5, 5.41) is 3.56. The van der Waals surface area contributed by atoms with Crippen LogP contribution in [0.4, 0.5) is 0 Å². The van der Waals surface area contributed by atoms with Crippen LogP contribution in [-0.2, 0) is 0 Å². The van der Waals surface area contributed by atoms with Crippen LogP contribution in [0.15, 0.2) is 11.1 Å². The summed E-state index contributed by atoms with van der Waals surface area (Å²) < 4.78 is 1.07. The fourth-order valence-corrected chi connectivity index (χ4v) is 2.64. The van der Waals surface area contributed by atoms with E-state index in [1.807, 2.05) is 0 Å². The van der Waals surface area contributed by atoms with E-state index >= 15 is 0 Å². The molecule has 0 heterocycles. The molecule has 2 aliphatic carbocycles. The van der Waals surface area contributed by atoms with E-state index in [9.17, 15) is 0 Å². The summed E-state index contributed by atoms with van der Waals surface area (Å²) in [7, 11) is 0. The Bertz CT molecular complexity index is 191. The molecule has 12 heavy (non-hydrogen) atoms. The van der Waals surface area contributed by atoms with E-state index in [1.54, 1.807) is 0 Å². The molecule has 2 heteroatoms. The first-order chi connectivity index (χ1) is 5.73. The molecule has 0 aromatic heterocycles. The SMILES string of the molecule is C=C(Br)CNC1CCC12CCC2. The van der Waals surface area contributed by atoms with Crippen molar-refractivity contribution in [1.29, 1.82) is 0 Å². The average Bonchev–Trinajstić information content (AvgIpc) is 1.80. The fourth-order valence-electron chi connectivity index (χ4n) is 2.48. The van der Waals surface area contributed by atoms with Crippen molar-refractivity contribution in [3.63, 3.8) is 0 Å². The zero-order valence-corrected chi connectivity index (χ0v) is 8.99. The van der Waals surface area contributed by atoms with Gasteiger partial charge in [-0.25, -0.2) is 0 Å². The third kappa shape index (κ3) is 1.35. The van der Waals surface area contributed by atoms with Crippen molar-refractivity contribution in [3.8, 4) is 0 Å². The summed E-state index contributed by atoms with van der Waals surface area (Å²) in [6.45, 7) is 4.77. The quantitative estimate of drug-likeness (QED) is 0.786. The molecule has 1 N–H and O–H groups in total. The number of hydrogen-bond donors (Lipinski definition) is 1. The summed E-state index contributed by atoms with van der Waals surface area (Å²) in [5.74, 6) is 0. The maximum Gasteiger partial charge on any atom is 0.0268 e. The lowest BCUT2D eigenvalue weighted by Crippen LogP contribution is -2.57. The summed E-state index contributed by atoms with van der Waals surface area (Å²) in [6.07, 6.45) is 7.20. The number of nitrogens with one attached hydrogen (secondary N) is 1. The molecule has 1 nitrogen and oxygen atoms in total. The highest BCUT2D eigenvalue weighted by Gasteiger charge is 2.49. The van der Waals surface area contributed by atoms with Gasteiger partial charge in [-0.15, -0.1) is 0 Å². The summed E-state index contributed by atoms with van der Waals surface area (Å²) in [6, 6.07) is 0.792. The van der Waals surface area contributed by atoms with Crippen molar-refractivity contribution < 1.29 is 0 Å². The van der Waals surface area contributed by atoms with Gasteiger partial charge in [-0.2, -0.15) is 0 Å². The van der Waals surface area contributed by atoms with E-state index < -0.39 is 0 Å².